The number of carbonyl (C=O) groups excluding carboxylic acids is 1. The first kappa shape index (κ1) is 22.1. The van der Waals surface area contributed by atoms with Gasteiger partial charge in [0.1, 0.15) is 11.5 Å². The average molecular weight is 433 g/mol. The van der Waals surface area contributed by atoms with Gasteiger partial charge >= 0.3 is 0 Å². The maximum absolute atomic E-state index is 13.0. The molecule has 0 aromatic heterocycles. The van der Waals surface area contributed by atoms with Crippen LogP contribution >= 0.6 is 0 Å². The molecular weight excluding hydrogens is 404 g/mol. The van der Waals surface area contributed by atoms with Crippen LogP contribution in [0.1, 0.15) is 31.7 Å². The number of nitrogens with zero attached hydrogens (tertiary/aromatic N) is 1. The zero-order valence-electron chi connectivity index (χ0n) is 17.4. The highest BCUT2D eigenvalue weighted by molar-refractivity contribution is 7.89. The topological polar surface area (TPSA) is 84.9 Å². The summed E-state index contributed by atoms with van der Waals surface area (Å²) in [6, 6.07) is 12.0. The SMILES string of the molecule is CCOc1ccc(S(=O)(=O)N2CCCCC2)cc1NC(=O)COc1cccc(C)c1. The average Bonchev–Trinajstić information content (AvgIpc) is 2.74. The van der Waals surface area contributed by atoms with Crippen LogP contribution in [0.3, 0.4) is 0 Å². The van der Waals surface area contributed by atoms with E-state index in [1.165, 1.54) is 16.4 Å². The number of hydrogen-bond donors (Lipinski definition) is 1. The molecule has 1 heterocycles. The number of benzene rings is 2. The van der Waals surface area contributed by atoms with Gasteiger partial charge < -0.3 is 14.8 Å². The molecule has 0 unspecified atom stereocenters. The third-order valence-electron chi connectivity index (χ3n) is 4.84. The molecular formula is C22H28N2O5S. The first-order valence-corrected chi connectivity index (χ1v) is 11.6. The van der Waals surface area contributed by atoms with Gasteiger partial charge in [0.15, 0.2) is 6.61 Å². The fraction of sp³-hybridized carbons (Fsp3) is 0.409. The van der Waals surface area contributed by atoms with Crippen LogP contribution in [0.25, 0.3) is 0 Å². The molecule has 162 valence electrons. The molecule has 1 aliphatic heterocycles. The summed E-state index contributed by atoms with van der Waals surface area (Å²) >= 11 is 0. The second kappa shape index (κ2) is 9.95. The highest BCUT2D eigenvalue weighted by Gasteiger charge is 2.27. The van der Waals surface area contributed by atoms with Crippen molar-refractivity contribution in [2.75, 3.05) is 31.6 Å². The van der Waals surface area contributed by atoms with Crippen molar-refractivity contribution in [2.24, 2.45) is 0 Å². The normalized spacial score (nSPS) is 14.9. The molecule has 1 saturated heterocycles. The summed E-state index contributed by atoms with van der Waals surface area (Å²) in [7, 11) is -3.62. The van der Waals surface area contributed by atoms with Gasteiger partial charge in [0.05, 0.1) is 17.2 Å². The van der Waals surface area contributed by atoms with Crippen molar-refractivity contribution < 1.29 is 22.7 Å². The summed E-state index contributed by atoms with van der Waals surface area (Å²) in [5, 5.41) is 2.72. The van der Waals surface area contributed by atoms with Crippen LogP contribution in [0.5, 0.6) is 11.5 Å². The van der Waals surface area contributed by atoms with Crippen molar-refractivity contribution in [1.29, 1.82) is 0 Å². The number of nitrogens with one attached hydrogen (secondary N) is 1. The van der Waals surface area contributed by atoms with Gasteiger partial charge in [-0.05, 0) is 62.6 Å². The van der Waals surface area contributed by atoms with E-state index in [1.54, 1.807) is 12.1 Å². The lowest BCUT2D eigenvalue weighted by Gasteiger charge is -2.26. The van der Waals surface area contributed by atoms with E-state index < -0.39 is 15.9 Å². The number of rotatable bonds is 8. The second-order valence-corrected chi connectivity index (χ2v) is 9.15. The highest BCUT2D eigenvalue weighted by Crippen LogP contribution is 2.30. The van der Waals surface area contributed by atoms with Crippen LogP contribution in [0.15, 0.2) is 47.4 Å². The molecule has 0 bridgehead atoms. The molecule has 0 radical (unpaired) electrons. The van der Waals surface area contributed by atoms with Crippen molar-refractivity contribution in [3.63, 3.8) is 0 Å². The number of anilines is 1. The second-order valence-electron chi connectivity index (χ2n) is 7.21. The zero-order valence-corrected chi connectivity index (χ0v) is 18.2. The van der Waals surface area contributed by atoms with Crippen molar-refractivity contribution in [1.82, 2.24) is 4.31 Å². The van der Waals surface area contributed by atoms with Crippen molar-refractivity contribution in [3.05, 3.63) is 48.0 Å². The van der Waals surface area contributed by atoms with Crippen molar-refractivity contribution >= 4 is 21.6 Å². The lowest BCUT2D eigenvalue weighted by molar-refractivity contribution is -0.118. The first-order chi connectivity index (χ1) is 14.4. The van der Waals surface area contributed by atoms with Crippen LogP contribution in [-0.2, 0) is 14.8 Å². The molecule has 1 N–H and O–H groups in total. The lowest BCUT2D eigenvalue weighted by Crippen LogP contribution is -2.35. The quantitative estimate of drug-likeness (QED) is 0.689. The summed E-state index contributed by atoms with van der Waals surface area (Å²) < 4.78 is 38.6. The number of carbonyl (C=O) groups is 1. The molecule has 1 fully saturated rings. The Bertz CT molecular complexity index is 985. The van der Waals surface area contributed by atoms with Crippen LogP contribution < -0.4 is 14.8 Å². The summed E-state index contributed by atoms with van der Waals surface area (Å²) in [5.74, 6) is 0.612. The molecule has 8 heteroatoms. The number of aryl methyl sites for hydroxylation is 1. The Kier molecular flexibility index (Phi) is 7.33. The molecule has 7 nitrogen and oxygen atoms in total. The number of amides is 1. The number of ether oxygens (including phenoxy) is 2. The predicted molar refractivity (Wildman–Crippen MR) is 116 cm³/mol. The lowest BCUT2D eigenvalue weighted by atomic mass is 10.2. The molecule has 3 rings (SSSR count). The smallest absolute Gasteiger partial charge is 0.262 e. The number of piperidine rings is 1. The molecule has 2 aromatic rings. The fourth-order valence-corrected chi connectivity index (χ4v) is 4.89. The van der Waals surface area contributed by atoms with E-state index >= 15 is 0 Å². The van der Waals surface area contributed by atoms with Crippen LogP contribution in [0.2, 0.25) is 0 Å². The maximum Gasteiger partial charge on any atom is 0.262 e. The summed E-state index contributed by atoms with van der Waals surface area (Å²) in [6.45, 7) is 4.99. The highest BCUT2D eigenvalue weighted by atomic mass is 32.2. The van der Waals surface area contributed by atoms with Crippen LogP contribution in [-0.4, -0.2) is 44.9 Å². The third-order valence-corrected chi connectivity index (χ3v) is 6.73. The van der Waals surface area contributed by atoms with E-state index in [2.05, 4.69) is 5.32 Å². The fourth-order valence-electron chi connectivity index (χ4n) is 3.34. The Morgan fingerprint density at radius 1 is 1.07 bits per heavy atom. The van der Waals surface area contributed by atoms with E-state index in [4.69, 9.17) is 9.47 Å². The van der Waals surface area contributed by atoms with E-state index in [0.29, 0.717) is 36.9 Å². The van der Waals surface area contributed by atoms with Gasteiger partial charge in [0.2, 0.25) is 10.0 Å². The minimum atomic E-state index is -3.62. The van der Waals surface area contributed by atoms with Crippen molar-refractivity contribution in [3.8, 4) is 11.5 Å². The van der Waals surface area contributed by atoms with Gasteiger partial charge in [0.25, 0.3) is 5.91 Å². The van der Waals surface area contributed by atoms with E-state index in [1.807, 2.05) is 32.0 Å². The Morgan fingerprint density at radius 2 is 1.83 bits per heavy atom. The minimum absolute atomic E-state index is 0.141. The zero-order chi connectivity index (χ0) is 21.6. The standard InChI is InChI=1S/C22H28N2O5S/c1-3-28-21-11-10-19(30(26,27)24-12-5-4-6-13-24)15-20(21)23-22(25)16-29-18-9-7-8-17(2)14-18/h7-11,14-15H,3-6,12-13,16H2,1-2H3,(H,23,25). The van der Waals surface area contributed by atoms with Crippen molar-refractivity contribution in [2.45, 2.75) is 38.0 Å². The molecule has 0 atom stereocenters. The van der Waals surface area contributed by atoms with Gasteiger partial charge in [-0.15, -0.1) is 0 Å². The van der Waals surface area contributed by atoms with Crippen LogP contribution in [0, 0.1) is 6.92 Å². The van der Waals surface area contributed by atoms with Gasteiger partial charge in [-0.25, -0.2) is 8.42 Å². The van der Waals surface area contributed by atoms with Gasteiger partial charge in [0, 0.05) is 13.1 Å². The van der Waals surface area contributed by atoms with Gasteiger partial charge in [-0.1, -0.05) is 18.6 Å². The van der Waals surface area contributed by atoms with E-state index in [-0.39, 0.29) is 11.5 Å². The van der Waals surface area contributed by atoms with Gasteiger partial charge in [-0.2, -0.15) is 4.31 Å². The molecule has 1 amide bonds. The van der Waals surface area contributed by atoms with E-state index in [9.17, 15) is 13.2 Å². The Hall–Kier alpha value is -2.58. The van der Waals surface area contributed by atoms with E-state index in [0.717, 1.165) is 24.8 Å². The predicted octanol–water partition coefficient (Wildman–Crippen LogP) is 3.59. The maximum atomic E-state index is 13.0. The summed E-state index contributed by atoms with van der Waals surface area (Å²) in [6.07, 6.45) is 2.75. The molecule has 0 spiro atoms. The first-order valence-electron chi connectivity index (χ1n) is 10.2. The molecule has 0 saturated carbocycles. The Morgan fingerprint density at radius 3 is 2.53 bits per heavy atom. The molecule has 2 aromatic carbocycles. The number of hydrogen-bond acceptors (Lipinski definition) is 5. The minimum Gasteiger partial charge on any atom is -0.492 e. The number of sulfonamides is 1. The van der Waals surface area contributed by atoms with Crippen LogP contribution in [0.4, 0.5) is 5.69 Å². The largest absolute Gasteiger partial charge is 0.492 e. The molecule has 1 aliphatic rings. The van der Waals surface area contributed by atoms with Gasteiger partial charge in [-0.3, -0.25) is 4.79 Å². The Balaban J connectivity index is 1.76. The monoisotopic (exact) mass is 432 g/mol. The molecule has 30 heavy (non-hydrogen) atoms. The third kappa shape index (κ3) is 5.52. The summed E-state index contributed by atoms with van der Waals surface area (Å²) in [5.41, 5.74) is 1.34. The summed E-state index contributed by atoms with van der Waals surface area (Å²) in [4.78, 5) is 12.6. The Labute approximate surface area is 178 Å². The molecule has 0 aliphatic carbocycles.